The van der Waals surface area contributed by atoms with Crippen molar-refractivity contribution in [2.24, 2.45) is 11.6 Å². The average Bonchev–Trinajstić information content (AvgIpc) is 3.11. The summed E-state index contributed by atoms with van der Waals surface area (Å²) < 4.78 is 34.7. The van der Waals surface area contributed by atoms with Crippen LogP contribution in [0.4, 0.5) is 20.2 Å². The van der Waals surface area contributed by atoms with Gasteiger partial charge in [0.1, 0.15) is 5.69 Å². The van der Waals surface area contributed by atoms with Gasteiger partial charge in [-0.25, -0.2) is 14.6 Å². The number of ether oxygens (including phenoxy) is 1. The Kier molecular flexibility index (Phi) is 9.87. The smallest absolute Gasteiger partial charge is 0.256 e. The van der Waals surface area contributed by atoms with Crippen LogP contribution in [0.5, 0.6) is 0 Å². The van der Waals surface area contributed by atoms with Crippen LogP contribution in [0.3, 0.4) is 0 Å². The van der Waals surface area contributed by atoms with Gasteiger partial charge in [0.25, 0.3) is 5.17 Å². The molecule has 1 aromatic carbocycles. The van der Waals surface area contributed by atoms with E-state index in [1.165, 1.54) is 26.2 Å². The Hall–Kier alpha value is -2.70. The highest BCUT2D eigenvalue weighted by molar-refractivity contribution is 7.80. The van der Waals surface area contributed by atoms with Gasteiger partial charge < -0.3 is 25.6 Å². The molecule has 194 valence electrons. The summed E-state index contributed by atoms with van der Waals surface area (Å²) in [6.45, 7) is 4.01. The topological polar surface area (TPSA) is 103 Å². The second-order valence-electron chi connectivity index (χ2n) is 8.77. The first-order valence-corrected chi connectivity index (χ1v) is 12.3. The molecule has 12 heteroatoms. The Morgan fingerprint density at radius 1 is 1.11 bits per heavy atom. The molecule has 2 heterocycles. The molecule has 0 spiro atoms. The second kappa shape index (κ2) is 12.8. The highest BCUT2D eigenvalue weighted by Gasteiger charge is 2.26. The van der Waals surface area contributed by atoms with E-state index in [1.807, 2.05) is 0 Å². The maximum Gasteiger partial charge on any atom is 0.256 e. The highest BCUT2D eigenvalue weighted by Crippen LogP contribution is 2.29. The number of benzene rings is 1. The number of carbonyl (C=O) groups is 1. The zero-order chi connectivity index (χ0) is 25.4. The minimum Gasteiger partial charge on any atom is -0.474 e. The van der Waals surface area contributed by atoms with Crippen LogP contribution in [0.1, 0.15) is 25.7 Å². The standard InChI is InChI=1S/C23H35F2N7O2S/c1-34-23(35)28-14-17(26)15-32(27)18-12-19(24)22(20(25)13-18)31-10-8-30(9-11-31)21(33)16-29-6-4-2-3-5-7-29/h12-13,15H,2-11,14,16,26-27H2,1H3,(H,28,35)/b17-15-. The number of nitrogens with two attached hydrogens (primary N) is 2. The number of hydrazine groups is 1. The van der Waals surface area contributed by atoms with Crippen LogP contribution in [0.2, 0.25) is 0 Å². The molecule has 35 heavy (non-hydrogen) atoms. The maximum absolute atomic E-state index is 14.9. The summed E-state index contributed by atoms with van der Waals surface area (Å²) in [4.78, 5) is 18.3. The molecule has 2 fully saturated rings. The van der Waals surface area contributed by atoms with Gasteiger partial charge in [-0.2, -0.15) is 0 Å². The maximum atomic E-state index is 14.9. The van der Waals surface area contributed by atoms with Crippen molar-refractivity contribution in [3.05, 3.63) is 35.7 Å². The zero-order valence-electron chi connectivity index (χ0n) is 20.1. The predicted octanol–water partition coefficient (Wildman–Crippen LogP) is 1.49. The van der Waals surface area contributed by atoms with Gasteiger partial charge in [0.15, 0.2) is 11.6 Å². The second-order valence-corrected chi connectivity index (χ2v) is 9.14. The number of piperazine rings is 1. The summed E-state index contributed by atoms with van der Waals surface area (Å²) in [6.07, 6.45) is 6.01. The van der Waals surface area contributed by atoms with Gasteiger partial charge in [0.2, 0.25) is 5.91 Å². The minimum absolute atomic E-state index is 0.0757. The van der Waals surface area contributed by atoms with Gasteiger partial charge >= 0.3 is 0 Å². The van der Waals surface area contributed by atoms with E-state index in [-0.39, 0.29) is 34.7 Å². The number of hydrogen-bond donors (Lipinski definition) is 3. The average molecular weight is 512 g/mol. The van der Waals surface area contributed by atoms with E-state index in [4.69, 9.17) is 28.5 Å². The summed E-state index contributed by atoms with van der Waals surface area (Å²) in [5, 5.41) is 3.96. The lowest BCUT2D eigenvalue weighted by Crippen LogP contribution is -2.51. The SMILES string of the molecule is COC(=S)NC/C(N)=C/N(N)c1cc(F)c(N2CCN(C(=O)CN3CCCCCC3)CC2)c(F)c1. The summed E-state index contributed by atoms with van der Waals surface area (Å²) >= 11 is 4.87. The van der Waals surface area contributed by atoms with E-state index in [1.54, 1.807) is 9.80 Å². The zero-order valence-corrected chi connectivity index (χ0v) is 21.0. The van der Waals surface area contributed by atoms with Gasteiger partial charge in [-0.15, -0.1) is 0 Å². The molecule has 0 unspecified atom stereocenters. The number of hydrogen-bond acceptors (Lipinski definition) is 8. The number of nitrogens with one attached hydrogen (secondary N) is 1. The number of nitrogens with zero attached hydrogens (tertiary/aromatic N) is 4. The first kappa shape index (κ1) is 26.9. The highest BCUT2D eigenvalue weighted by atomic mass is 32.1. The van der Waals surface area contributed by atoms with Gasteiger partial charge in [-0.1, -0.05) is 12.8 Å². The Morgan fingerprint density at radius 2 is 1.71 bits per heavy atom. The van der Waals surface area contributed by atoms with E-state index < -0.39 is 11.6 Å². The van der Waals surface area contributed by atoms with E-state index in [0.29, 0.717) is 32.7 Å². The molecule has 2 saturated heterocycles. The van der Waals surface area contributed by atoms with Gasteiger partial charge in [-0.05, 0) is 38.1 Å². The Labute approximate surface area is 210 Å². The molecule has 2 aliphatic rings. The Morgan fingerprint density at radius 3 is 2.29 bits per heavy atom. The molecule has 1 amide bonds. The van der Waals surface area contributed by atoms with Crippen molar-refractivity contribution in [1.29, 1.82) is 0 Å². The fraction of sp³-hybridized carbons (Fsp3) is 0.565. The largest absolute Gasteiger partial charge is 0.474 e. The Balaban J connectivity index is 1.58. The number of anilines is 2. The van der Waals surface area contributed by atoms with Gasteiger partial charge in [0, 0.05) is 50.2 Å². The van der Waals surface area contributed by atoms with E-state index >= 15 is 0 Å². The first-order chi connectivity index (χ1) is 16.8. The normalized spacial score (nSPS) is 17.7. The fourth-order valence-corrected chi connectivity index (χ4v) is 4.39. The van der Waals surface area contributed by atoms with Gasteiger partial charge in [0.05, 0.1) is 25.9 Å². The number of likely N-dealkylation sites (tertiary alicyclic amines) is 1. The van der Waals surface area contributed by atoms with E-state index in [9.17, 15) is 13.6 Å². The lowest BCUT2D eigenvalue weighted by molar-refractivity contribution is -0.132. The van der Waals surface area contributed by atoms with Crippen molar-refractivity contribution in [2.45, 2.75) is 25.7 Å². The third kappa shape index (κ3) is 7.64. The molecule has 1 aromatic rings. The lowest BCUT2D eigenvalue weighted by atomic mass is 10.2. The van der Waals surface area contributed by atoms with Crippen molar-refractivity contribution >= 4 is 34.7 Å². The fourth-order valence-electron chi connectivity index (χ4n) is 4.31. The minimum atomic E-state index is -0.731. The summed E-state index contributed by atoms with van der Waals surface area (Å²) in [7, 11) is 1.42. The molecule has 0 radical (unpaired) electrons. The van der Waals surface area contributed by atoms with Crippen LogP contribution < -0.4 is 26.8 Å². The molecule has 0 aromatic heterocycles. The summed E-state index contributed by atoms with van der Waals surface area (Å²) in [5.74, 6) is 4.54. The number of amides is 1. The predicted molar refractivity (Wildman–Crippen MR) is 137 cm³/mol. The Bertz CT molecular complexity index is 894. The third-order valence-corrected chi connectivity index (χ3v) is 6.54. The number of halogens is 2. The van der Waals surface area contributed by atoms with Crippen molar-refractivity contribution in [2.75, 3.05) is 69.4 Å². The van der Waals surface area contributed by atoms with Crippen LogP contribution in [-0.2, 0) is 9.53 Å². The summed E-state index contributed by atoms with van der Waals surface area (Å²) in [5.41, 5.74) is 6.15. The molecule has 3 rings (SSSR count). The summed E-state index contributed by atoms with van der Waals surface area (Å²) in [6, 6.07) is 2.32. The molecule has 0 aliphatic carbocycles. The molecule has 0 saturated carbocycles. The molecule has 9 nitrogen and oxygen atoms in total. The molecule has 2 aliphatic heterocycles. The van der Waals surface area contributed by atoms with Gasteiger partial charge in [-0.3, -0.25) is 14.7 Å². The van der Waals surface area contributed by atoms with Crippen molar-refractivity contribution in [3.63, 3.8) is 0 Å². The molecular weight excluding hydrogens is 476 g/mol. The number of methoxy groups -OCH3 is 1. The van der Waals surface area contributed by atoms with Crippen LogP contribution in [0.25, 0.3) is 0 Å². The third-order valence-electron chi connectivity index (χ3n) is 6.23. The van der Waals surface area contributed by atoms with Crippen LogP contribution >= 0.6 is 12.2 Å². The van der Waals surface area contributed by atoms with Crippen molar-refractivity contribution in [1.82, 2.24) is 15.1 Å². The molecule has 0 atom stereocenters. The number of rotatable bonds is 7. The van der Waals surface area contributed by atoms with Crippen LogP contribution in [-0.4, -0.2) is 80.3 Å². The molecule has 0 bridgehead atoms. The van der Waals surface area contributed by atoms with E-state index in [2.05, 4.69) is 10.2 Å². The lowest BCUT2D eigenvalue weighted by Gasteiger charge is -2.37. The monoisotopic (exact) mass is 511 g/mol. The molecular formula is C23H35F2N7O2S. The van der Waals surface area contributed by atoms with E-state index in [0.717, 1.165) is 43.1 Å². The number of carbonyl (C=O) groups excluding carboxylic acids is 1. The number of thiocarbonyl (C=S) groups is 1. The molecule has 5 N–H and O–H groups in total. The van der Waals surface area contributed by atoms with Crippen molar-refractivity contribution in [3.8, 4) is 0 Å². The van der Waals surface area contributed by atoms with Crippen molar-refractivity contribution < 1.29 is 18.3 Å². The first-order valence-electron chi connectivity index (χ1n) is 11.8. The quantitative estimate of drug-likeness (QED) is 0.285. The van der Waals surface area contributed by atoms with Crippen LogP contribution in [0, 0.1) is 11.6 Å². The van der Waals surface area contributed by atoms with Crippen LogP contribution in [0.15, 0.2) is 24.0 Å².